The number of para-hydroxylation sites is 1. The van der Waals surface area contributed by atoms with E-state index in [1.54, 1.807) is 10.9 Å². The standard InChI is InChI=1S/C30H33N5O3/c36-28(25-14-8-7-13-24(25)22-9-3-1-4-10-22)33-17-15-30(38,16-18-33)19-34-20-32-27-26(29(34)37)31-21-35(27)23-11-5-2-6-12-23/h1-6,9-12,20-21,24-25,38H,7-8,13-19H2. The molecule has 2 aromatic carbocycles. The zero-order valence-corrected chi connectivity index (χ0v) is 21.4. The molecule has 0 bridgehead atoms. The van der Waals surface area contributed by atoms with Gasteiger partial charge in [-0.3, -0.25) is 18.7 Å². The van der Waals surface area contributed by atoms with Crippen molar-refractivity contribution >= 4 is 17.1 Å². The maximum absolute atomic E-state index is 13.6. The van der Waals surface area contributed by atoms with E-state index < -0.39 is 5.60 Å². The van der Waals surface area contributed by atoms with Crippen molar-refractivity contribution in [2.75, 3.05) is 13.1 Å². The van der Waals surface area contributed by atoms with E-state index in [0.717, 1.165) is 31.4 Å². The van der Waals surface area contributed by atoms with Gasteiger partial charge in [0.1, 0.15) is 12.7 Å². The van der Waals surface area contributed by atoms with Crippen LogP contribution >= 0.6 is 0 Å². The lowest BCUT2D eigenvalue weighted by Crippen LogP contribution is -2.51. The molecule has 2 aromatic heterocycles. The van der Waals surface area contributed by atoms with Gasteiger partial charge in [-0.15, -0.1) is 0 Å². The molecule has 1 amide bonds. The molecule has 2 unspecified atom stereocenters. The van der Waals surface area contributed by atoms with Gasteiger partial charge in [0.05, 0.1) is 12.1 Å². The monoisotopic (exact) mass is 511 g/mol. The maximum Gasteiger partial charge on any atom is 0.281 e. The summed E-state index contributed by atoms with van der Waals surface area (Å²) < 4.78 is 3.24. The number of nitrogens with zero attached hydrogens (tertiary/aromatic N) is 5. The molecule has 6 rings (SSSR count). The molecule has 1 N–H and O–H groups in total. The molecular weight excluding hydrogens is 478 g/mol. The van der Waals surface area contributed by atoms with Gasteiger partial charge in [-0.05, 0) is 49.3 Å². The lowest BCUT2D eigenvalue weighted by molar-refractivity contribution is -0.142. The van der Waals surface area contributed by atoms with Crippen LogP contribution < -0.4 is 5.56 Å². The fourth-order valence-electron chi connectivity index (χ4n) is 6.20. The first-order valence-electron chi connectivity index (χ1n) is 13.6. The largest absolute Gasteiger partial charge is 0.388 e. The molecule has 8 heteroatoms. The lowest BCUT2D eigenvalue weighted by atomic mass is 9.74. The third-order valence-electron chi connectivity index (χ3n) is 8.34. The van der Waals surface area contributed by atoms with Crippen LogP contribution in [-0.2, 0) is 11.3 Å². The quantitative estimate of drug-likeness (QED) is 0.439. The number of aliphatic hydroxyl groups is 1. The summed E-state index contributed by atoms with van der Waals surface area (Å²) in [7, 11) is 0. The van der Waals surface area contributed by atoms with Crippen LogP contribution in [0.15, 0.2) is 78.1 Å². The van der Waals surface area contributed by atoms with Gasteiger partial charge >= 0.3 is 0 Å². The number of imidazole rings is 1. The number of hydrogen-bond donors (Lipinski definition) is 1. The summed E-state index contributed by atoms with van der Waals surface area (Å²) in [5.74, 6) is 0.448. The predicted octanol–water partition coefficient (Wildman–Crippen LogP) is 3.91. The summed E-state index contributed by atoms with van der Waals surface area (Å²) in [5.41, 5.74) is 1.54. The normalized spacial score (nSPS) is 21.4. The number of hydrogen-bond acceptors (Lipinski definition) is 5. The number of likely N-dealkylation sites (tertiary alicyclic amines) is 1. The Morgan fingerprint density at radius 3 is 2.34 bits per heavy atom. The molecule has 8 nitrogen and oxygen atoms in total. The van der Waals surface area contributed by atoms with Gasteiger partial charge in [-0.1, -0.05) is 61.4 Å². The minimum absolute atomic E-state index is 0.00806. The highest BCUT2D eigenvalue weighted by Crippen LogP contribution is 2.39. The SMILES string of the molecule is O=C(C1CCCCC1c1ccccc1)N1CCC(O)(Cn2cnc3c(ncn3-c3ccccc3)c2=O)CC1. The van der Waals surface area contributed by atoms with E-state index in [9.17, 15) is 14.7 Å². The fraction of sp³-hybridized carbons (Fsp3) is 0.400. The molecule has 2 aliphatic rings. The van der Waals surface area contributed by atoms with Gasteiger partial charge in [0.25, 0.3) is 5.56 Å². The van der Waals surface area contributed by atoms with Gasteiger partial charge in [0.15, 0.2) is 11.2 Å². The van der Waals surface area contributed by atoms with Crippen LogP contribution in [0.2, 0.25) is 0 Å². The Kier molecular flexibility index (Phi) is 6.57. The first-order chi connectivity index (χ1) is 18.5. The molecular formula is C30H33N5O3. The summed E-state index contributed by atoms with van der Waals surface area (Å²) in [6.45, 7) is 1.10. The molecule has 3 heterocycles. The topological polar surface area (TPSA) is 93.2 Å². The molecule has 196 valence electrons. The second-order valence-electron chi connectivity index (χ2n) is 10.8. The van der Waals surface area contributed by atoms with Crippen molar-refractivity contribution < 1.29 is 9.90 Å². The Hall–Kier alpha value is -3.78. The van der Waals surface area contributed by atoms with Crippen molar-refractivity contribution in [3.05, 3.63) is 89.2 Å². The number of amides is 1. The second kappa shape index (κ2) is 10.2. The second-order valence-corrected chi connectivity index (χ2v) is 10.8. The molecule has 4 aromatic rings. The Bertz CT molecular complexity index is 1470. The van der Waals surface area contributed by atoms with E-state index in [2.05, 4.69) is 22.1 Å². The summed E-state index contributed by atoms with van der Waals surface area (Å²) in [4.78, 5) is 37.6. The molecule has 2 atom stereocenters. The van der Waals surface area contributed by atoms with Gasteiger partial charge in [0, 0.05) is 24.7 Å². The zero-order valence-electron chi connectivity index (χ0n) is 21.4. The summed E-state index contributed by atoms with van der Waals surface area (Å²) in [5, 5.41) is 11.4. The van der Waals surface area contributed by atoms with Crippen LogP contribution in [0.1, 0.15) is 50.0 Å². The maximum atomic E-state index is 13.6. The van der Waals surface area contributed by atoms with Gasteiger partial charge in [-0.25, -0.2) is 9.97 Å². The highest BCUT2D eigenvalue weighted by Gasteiger charge is 2.39. The number of aromatic nitrogens is 4. The molecule has 2 fully saturated rings. The van der Waals surface area contributed by atoms with E-state index >= 15 is 0 Å². The molecule has 0 spiro atoms. The van der Waals surface area contributed by atoms with Crippen molar-refractivity contribution in [3.8, 4) is 5.69 Å². The van der Waals surface area contributed by atoms with Gasteiger partial charge < -0.3 is 10.0 Å². The number of carbonyl (C=O) groups excluding carboxylic acids is 1. The molecule has 1 saturated carbocycles. The van der Waals surface area contributed by atoms with Gasteiger partial charge in [0.2, 0.25) is 5.91 Å². The molecule has 1 aliphatic carbocycles. The molecule has 1 aliphatic heterocycles. The molecule has 38 heavy (non-hydrogen) atoms. The summed E-state index contributed by atoms with van der Waals surface area (Å²) in [6, 6.07) is 20.0. The number of piperidine rings is 1. The fourth-order valence-corrected chi connectivity index (χ4v) is 6.20. The van der Waals surface area contributed by atoms with Crippen molar-refractivity contribution in [3.63, 3.8) is 0 Å². The lowest BCUT2D eigenvalue weighted by Gasteiger charge is -2.41. The Labute approximate surface area is 221 Å². The Morgan fingerprint density at radius 2 is 1.61 bits per heavy atom. The third kappa shape index (κ3) is 4.65. The van der Waals surface area contributed by atoms with Crippen LogP contribution in [0.3, 0.4) is 0 Å². The van der Waals surface area contributed by atoms with Crippen molar-refractivity contribution in [2.24, 2.45) is 5.92 Å². The van der Waals surface area contributed by atoms with Crippen LogP contribution in [0, 0.1) is 5.92 Å². The molecule has 0 radical (unpaired) electrons. The van der Waals surface area contributed by atoms with Crippen LogP contribution in [0.4, 0.5) is 0 Å². The van der Waals surface area contributed by atoms with E-state index in [-0.39, 0.29) is 35.4 Å². The van der Waals surface area contributed by atoms with E-state index in [1.165, 1.54) is 16.5 Å². The minimum atomic E-state index is -1.08. The Morgan fingerprint density at radius 1 is 0.921 bits per heavy atom. The first-order valence-corrected chi connectivity index (χ1v) is 13.6. The van der Waals surface area contributed by atoms with E-state index in [1.807, 2.05) is 53.4 Å². The molecule has 1 saturated heterocycles. The van der Waals surface area contributed by atoms with E-state index in [4.69, 9.17) is 0 Å². The zero-order chi connectivity index (χ0) is 26.1. The number of fused-ring (bicyclic) bond motifs is 1. The Balaban J connectivity index is 1.15. The van der Waals surface area contributed by atoms with E-state index in [0.29, 0.717) is 31.6 Å². The van der Waals surface area contributed by atoms with Crippen molar-refractivity contribution in [1.29, 1.82) is 0 Å². The smallest absolute Gasteiger partial charge is 0.281 e. The number of benzene rings is 2. The highest BCUT2D eigenvalue weighted by atomic mass is 16.3. The van der Waals surface area contributed by atoms with Crippen LogP contribution in [0.25, 0.3) is 16.9 Å². The van der Waals surface area contributed by atoms with Gasteiger partial charge in [-0.2, -0.15) is 0 Å². The number of rotatable bonds is 5. The third-order valence-corrected chi connectivity index (χ3v) is 8.34. The average molecular weight is 512 g/mol. The van der Waals surface area contributed by atoms with Crippen LogP contribution in [-0.4, -0.2) is 53.7 Å². The average Bonchev–Trinajstić information content (AvgIpc) is 3.40. The summed E-state index contributed by atoms with van der Waals surface area (Å²) >= 11 is 0. The van der Waals surface area contributed by atoms with Crippen molar-refractivity contribution in [2.45, 2.75) is 56.6 Å². The first kappa shape index (κ1) is 24.6. The highest BCUT2D eigenvalue weighted by molar-refractivity contribution is 5.80. The van der Waals surface area contributed by atoms with Crippen LogP contribution in [0.5, 0.6) is 0 Å². The van der Waals surface area contributed by atoms with Crippen molar-refractivity contribution in [1.82, 2.24) is 24.0 Å². The number of carbonyl (C=O) groups is 1. The predicted molar refractivity (Wildman–Crippen MR) is 145 cm³/mol. The minimum Gasteiger partial charge on any atom is -0.388 e. The summed E-state index contributed by atoms with van der Waals surface area (Å²) in [6.07, 6.45) is 8.12.